The predicted molar refractivity (Wildman–Crippen MR) is 186 cm³/mol. The maximum Gasteiger partial charge on any atom is 0.165 e. The Morgan fingerprint density at radius 1 is 0.841 bits per heavy atom. The van der Waals surface area contributed by atoms with Crippen LogP contribution in [0.25, 0.3) is 0 Å². The molecule has 0 heterocycles. The second-order valence-corrected chi connectivity index (χ2v) is 14.0. The molecule has 0 radical (unpaired) electrons. The highest BCUT2D eigenvalue weighted by molar-refractivity contribution is 5.97. The van der Waals surface area contributed by atoms with Gasteiger partial charge in [0, 0.05) is 17.9 Å². The molecule has 0 aromatic rings. The maximum atomic E-state index is 13.0. The van der Waals surface area contributed by atoms with Crippen LogP contribution in [0.15, 0.2) is 118 Å². The molecule has 240 valence electrons. The van der Waals surface area contributed by atoms with Crippen molar-refractivity contribution < 1.29 is 20.1 Å². The second-order valence-electron chi connectivity index (χ2n) is 14.0. The molecule has 0 saturated heterocycles. The molecular weight excluding hydrogens is 544 g/mol. The number of hydrogen-bond donors (Lipinski definition) is 3. The number of ketones is 1. The molecule has 2 aliphatic rings. The number of carbonyl (C=O) groups excluding carboxylic acids is 1. The zero-order chi connectivity index (χ0) is 33.1. The summed E-state index contributed by atoms with van der Waals surface area (Å²) >= 11 is 0. The van der Waals surface area contributed by atoms with Crippen molar-refractivity contribution in [2.45, 2.75) is 100 Å². The van der Waals surface area contributed by atoms with Gasteiger partial charge >= 0.3 is 0 Å². The molecule has 2 aliphatic carbocycles. The van der Waals surface area contributed by atoms with Crippen LogP contribution in [0.5, 0.6) is 0 Å². The lowest BCUT2D eigenvalue weighted by molar-refractivity contribution is -0.115. The average Bonchev–Trinajstić information content (AvgIpc) is 2.89. The first-order valence-electron chi connectivity index (χ1n) is 15.9. The monoisotopic (exact) mass is 600 g/mol. The number of rotatable bonds is 12. The highest BCUT2D eigenvalue weighted by Crippen LogP contribution is 2.43. The number of carbonyl (C=O) groups is 1. The molecule has 3 atom stereocenters. The van der Waals surface area contributed by atoms with E-state index < -0.39 is 0 Å². The molecule has 0 aromatic heterocycles. The van der Waals surface area contributed by atoms with Gasteiger partial charge in [-0.25, -0.2) is 0 Å². The smallest absolute Gasteiger partial charge is 0.165 e. The molecule has 0 bridgehead atoms. The standard InChI is InChI=1S/C40H56O4/c1-28(16-12-17-30(3)20-21-36-31(4)22-34(42)25-39(36,6)7)14-10-11-15-29(2)18-13-19-33(27-41)38(44)24-37-32(5)23-35(43)26-40(37,8)9/h10-22,34-36,41-43H,23-27H2,1-9H3/b11-10+,16-12+,18-13+,21-20+,28-14+,29-15+,30-17+,33-19+/t34-,35+,36+/m0/s1. The van der Waals surface area contributed by atoms with E-state index in [4.69, 9.17) is 0 Å². The van der Waals surface area contributed by atoms with E-state index >= 15 is 0 Å². The zero-order valence-corrected chi connectivity index (χ0v) is 28.5. The molecule has 0 unspecified atom stereocenters. The average molecular weight is 601 g/mol. The first kappa shape index (κ1) is 37.1. The van der Waals surface area contributed by atoms with E-state index in [9.17, 15) is 20.1 Å². The predicted octanol–water partition coefficient (Wildman–Crippen LogP) is 8.78. The Labute approximate surface area is 267 Å². The minimum atomic E-state index is -0.363. The first-order valence-corrected chi connectivity index (χ1v) is 15.9. The Bertz CT molecular complexity index is 1330. The van der Waals surface area contributed by atoms with E-state index in [2.05, 4.69) is 84.9 Å². The van der Waals surface area contributed by atoms with E-state index in [1.807, 2.05) is 50.3 Å². The lowest BCUT2D eigenvalue weighted by atomic mass is 9.67. The fraction of sp³-hybridized carbons (Fsp3) is 0.475. The van der Waals surface area contributed by atoms with Gasteiger partial charge in [0.05, 0.1) is 18.8 Å². The second kappa shape index (κ2) is 16.9. The van der Waals surface area contributed by atoms with Gasteiger partial charge in [0.2, 0.25) is 0 Å². The van der Waals surface area contributed by atoms with Gasteiger partial charge in [0.25, 0.3) is 0 Å². The van der Waals surface area contributed by atoms with Crippen molar-refractivity contribution in [3.8, 4) is 0 Å². The van der Waals surface area contributed by atoms with Gasteiger partial charge in [-0.3, -0.25) is 4.79 Å². The van der Waals surface area contributed by atoms with Crippen LogP contribution in [0.4, 0.5) is 0 Å². The van der Waals surface area contributed by atoms with Gasteiger partial charge in [-0.05, 0) is 64.7 Å². The van der Waals surface area contributed by atoms with E-state index in [-0.39, 0.29) is 41.8 Å². The van der Waals surface area contributed by atoms with Gasteiger partial charge in [0.1, 0.15) is 0 Å². The Morgan fingerprint density at radius 3 is 1.93 bits per heavy atom. The van der Waals surface area contributed by atoms with Gasteiger partial charge in [0.15, 0.2) is 5.78 Å². The van der Waals surface area contributed by atoms with Crippen LogP contribution in [0.2, 0.25) is 0 Å². The maximum absolute atomic E-state index is 13.0. The molecule has 3 N–H and O–H groups in total. The van der Waals surface area contributed by atoms with Crippen LogP contribution in [-0.4, -0.2) is 39.9 Å². The molecule has 0 fully saturated rings. The molecule has 44 heavy (non-hydrogen) atoms. The number of allylic oxidation sites excluding steroid dienone is 17. The third kappa shape index (κ3) is 11.8. The highest BCUT2D eigenvalue weighted by atomic mass is 16.3. The fourth-order valence-corrected chi connectivity index (χ4v) is 6.39. The minimum absolute atomic E-state index is 0.0349. The Morgan fingerprint density at radius 2 is 1.39 bits per heavy atom. The summed E-state index contributed by atoms with van der Waals surface area (Å²) in [7, 11) is 0. The summed E-state index contributed by atoms with van der Waals surface area (Å²) in [4.78, 5) is 13.0. The lowest BCUT2D eigenvalue weighted by Crippen LogP contribution is -2.32. The summed E-state index contributed by atoms with van der Waals surface area (Å²) in [5.41, 5.74) is 6.91. The van der Waals surface area contributed by atoms with Crippen molar-refractivity contribution in [1.29, 1.82) is 0 Å². The molecular formula is C40H56O4. The summed E-state index contributed by atoms with van der Waals surface area (Å²) < 4.78 is 0. The van der Waals surface area contributed by atoms with Crippen LogP contribution in [0, 0.1) is 16.7 Å². The van der Waals surface area contributed by atoms with Gasteiger partial charge in [-0.2, -0.15) is 0 Å². The van der Waals surface area contributed by atoms with Crippen LogP contribution < -0.4 is 0 Å². The summed E-state index contributed by atoms with van der Waals surface area (Å²) in [5.74, 6) is 0.248. The lowest BCUT2D eigenvalue weighted by Gasteiger charge is -2.38. The van der Waals surface area contributed by atoms with Crippen molar-refractivity contribution in [1.82, 2.24) is 0 Å². The van der Waals surface area contributed by atoms with Crippen molar-refractivity contribution in [3.63, 3.8) is 0 Å². The molecule has 0 aliphatic heterocycles. The summed E-state index contributed by atoms with van der Waals surface area (Å²) in [6, 6.07) is 0. The van der Waals surface area contributed by atoms with E-state index in [0.717, 1.165) is 28.7 Å². The van der Waals surface area contributed by atoms with Crippen LogP contribution in [0.1, 0.15) is 88.0 Å². The molecule has 0 saturated carbocycles. The molecule has 0 spiro atoms. The number of hydrogen-bond acceptors (Lipinski definition) is 4. The Balaban J connectivity index is 1.94. The third-order valence-corrected chi connectivity index (χ3v) is 8.76. The van der Waals surface area contributed by atoms with Crippen molar-refractivity contribution in [3.05, 3.63) is 118 Å². The van der Waals surface area contributed by atoms with Gasteiger partial charge < -0.3 is 15.3 Å². The molecule has 0 amide bonds. The van der Waals surface area contributed by atoms with Crippen molar-refractivity contribution in [2.24, 2.45) is 16.7 Å². The van der Waals surface area contributed by atoms with Crippen LogP contribution in [-0.2, 0) is 4.79 Å². The Hall–Kier alpha value is -3.05. The largest absolute Gasteiger partial charge is 0.393 e. The molecule has 0 aromatic carbocycles. The molecule has 4 heteroatoms. The number of aliphatic hydroxyl groups excluding tert-OH is 3. The quantitative estimate of drug-likeness (QED) is 0.119. The van der Waals surface area contributed by atoms with Crippen LogP contribution >= 0.6 is 0 Å². The fourth-order valence-electron chi connectivity index (χ4n) is 6.39. The highest BCUT2D eigenvalue weighted by Gasteiger charge is 2.35. The minimum Gasteiger partial charge on any atom is -0.393 e. The normalized spacial score (nSPS) is 25.6. The molecule has 2 rings (SSSR count). The summed E-state index contributed by atoms with van der Waals surface area (Å²) in [5, 5.41) is 30.0. The number of aliphatic hydroxyl groups is 3. The van der Waals surface area contributed by atoms with Crippen LogP contribution in [0.3, 0.4) is 0 Å². The van der Waals surface area contributed by atoms with E-state index in [0.29, 0.717) is 24.3 Å². The van der Waals surface area contributed by atoms with Gasteiger partial charge in [-0.1, -0.05) is 140 Å². The zero-order valence-electron chi connectivity index (χ0n) is 28.5. The van der Waals surface area contributed by atoms with E-state index in [1.54, 1.807) is 6.08 Å². The third-order valence-electron chi connectivity index (χ3n) is 8.76. The van der Waals surface area contributed by atoms with E-state index in [1.165, 1.54) is 11.1 Å². The summed E-state index contributed by atoms with van der Waals surface area (Å²) in [6.07, 6.45) is 27.7. The molecule has 4 nitrogen and oxygen atoms in total. The Kier molecular flexibility index (Phi) is 14.2. The van der Waals surface area contributed by atoms with Crippen molar-refractivity contribution >= 4 is 5.78 Å². The van der Waals surface area contributed by atoms with Gasteiger partial charge in [-0.15, -0.1) is 0 Å². The number of Topliss-reactive ketones (excluding diaryl/α,β-unsaturated/α-hetero) is 1. The van der Waals surface area contributed by atoms with Crippen molar-refractivity contribution in [2.75, 3.05) is 6.61 Å². The first-order chi connectivity index (χ1) is 20.6. The topological polar surface area (TPSA) is 77.8 Å². The summed E-state index contributed by atoms with van der Waals surface area (Å²) in [6.45, 7) is 18.5. The SMILES string of the molecule is CC1=C[C@H](O)CC(C)(C)[C@@H]1/C=C/C(C)=C/C=C/C(C)=C/C=C/C=C(C)/C=C/C=C(\CO)C(=O)CC1=C(C)C[C@@H](O)CC1(C)C.